The zero-order valence-corrected chi connectivity index (χ0v) is 25.5. The Morgan fingerprint density at radius 1 is 0.773 bits per heavy atom. The summed E-state index contributed by atoms with van der Waals surface area (Å²) in [5.74, 6) is -0.561. The maximum Gasteiger partial charge on any atom is 0.379 e. The van der Waals surface area contributed by atoms with Crippen LogP contribution in [0.2, 0.25) is 0 Å². The molecule has 44 heavy (non-hydrogen) atoms. The number of rotatable bonds is 13. The second-order valence-corrected chi connectivity index (χ2v) is 10.6. The Morgan fingerprint density at radius 2 is 1.45 bits per heavy atom. The number of hydrogen-bond acceptors (Lipinski definition) is 5. The molecule has 0 aliphatic heterocycles. The maximum absolute atomic E-state index is 12.7. The molecule has 5 aromatic rings. The topological polar surface area (TPSA) is 69.6 Å². The van der Waals surface area contributed by atoms with E-state index in [-0.39, 0.29) is 6.61 Å². The van der Waals surface area contributed by atoms with Crippen LogP contribution >= 0.6 is 0 Å². The summed E-state index contributed by atoms with van der Waals surface area (Å²) in [4.78, 5) is 24.8. The number of methoxy groups -OCH3 is 1. The summed E-state index contributed by atoms with van der Waals surface area (Å²) >= 11 is 0. The fourth-order valence-corrected chi connectivity index (χ4v) is 5.61. The molecule has 0 radical (unpaired) electrons. The smallest absolute Gasteiger partial charge is 0.379 e. The van der Waals surface area contributed by atoms with E-state index in [9.17, 15) is 9.59 Å². The van der Waals surface area contributed by atoms with Gasteiger partial charge in [-0.15, -0.1) is 0 Å². The molecule has 6 nitrogen and oxygen atoms in total. The minimum atomic E-state index is -0.813. The lowest BCUT2D eigenvalue weighted by Crippen LogP contribution is -2.17. The fourth-order valence-electron chi connectivity index (χ4n) is 5.61. The van der Waals surface area contributed by atoms with Crippen LogP contribution in [-0.2, 0) is 16.1 Å². The van der Waals surface area contributed by atoms with Gasteiger partial charge in [-0.2, -0.15) is 0 Å². The van der Waals surface area contributed by atoms with Crippen molar-refractivity contribution in [1.29, 1.82) is 0 Å². The molecule has 0 atom stereocenters. The minimum absolute atomic E-state index is 0.173. The van der Waals surface area contributed by atoms with E-state index in [1.54, 1.807) is 20.2 Å². The molecule has 4 aromatic carbocycles. The van der Waals surface area contributed by atoms with Gasteiger partial charge in [-0.25, -0.2) is 4.79 Å². The average molecular weight is 587 g/mol. The summed E-state index contributed by atoms with van der Waals surface area (Å²) in [6, 6.07) is 34.8. The Labute approximate surface area is 258 Å². The first-order valence-corrected chi connectivity index (χ1v) is 15.0. The van der Waals surface area contributed by atoms with Crippen LogP contribution in [0.25, 0.3) is 22.0 Å². The Hall–Kier alpha value is -5.10. The second-order valence-electron chi connectivity index (χ2n) is 10.6. The van der Waals surface area contributed by atoms with Gasteiger partial charge >= 0.3 is 5.97 Å². The van der Waals surface area contributed by atoms with E-state index in [0.29, 0.717) is 5.56 Å². The largest absolute Gasteiger partial charge is 0.496 e. The maximum atomic E-state index is 12.7. The van der Waals surface area contributed by atoms with Crippen molar-refractivity contribution in [2.45, 2.75) is 33.2 Å². The predicted molar refractivity (Wildman–Crippen MR) is 178 cm³/mol. The van der Waals surface area contributed by atoms with E-state index in [0.717, 1.165) is 70.5 Å². The molecule has 0 saturated carbocycles. The number of ketones is 1. The molecular weight excluding hydrogens is 548 g/mol. The number of hydrogen-bond donors (Lipinski definition) is 1. The molecule has 224 valence electrons. The first-order chi connectivity index (χ1) is 21.5. The minimum Gasteiger partial charge on any atom is -0.496 e. The number of benzene rings is 4. The predicted octanol–water partition coefficient (Wildman–Crippen LogP) is 8.27. The zero-order chi connectivity index (χ0) is 30.9. The number of unbranched alkanes of at least 4 members (excludes halogenated alkanes) is 1. The molecule has 0 spiro atoms. The number of allylic oxidation sites excluding steroid dienone is 1. The summed E-state index contributed by atoms with van der Waals surface area (Å²) in [6.07, 6.45) is 3.63. The Bertz CT molecular complexity index is 1770. The number of para-hydroxylation sites is 2. The average Bonchev–Trinajstić information content (AvgIpc) is 3.44. The molecule has 5 rings (SSSR count). The summed E-state index contributed by atoms with van der Waals surface area (Å²) < 4.78 is 12.7. The summed E-state index contributed by atoms with van der Waals surface area (Å²) in [6.45, 7) is 5.57. The van der Waals surface area contributed by atoms with Gasteiger partial charge in [-0.1, -0.05) is 78.9 Å². The highest BCUT2D eigenvalue weighted by molar-refractivity contribution is 6.43. The molecule has 0 amide bonds. The van der Waals surface area contributed by atoms with Gasteiger partial charge in [0.15, 0.2) is 0 Å². The van der Waals surface area contributed by atoms with Gasteiger partial charge in [0.1, 0.15) is 5.75 Å². The first-order valence-electron chi connectivity index (χ1n) is 15.0. The Kier molecular flexibility index (Phi) is 9.92. The van der Waals surface area contributed by atoms with Gasteiger partial charge in [-0.05, 0) is 73.2 Å². The van der Waals surface area contributed by atoms with E-state index in [2.05, 4.69) is 71.4 Å². The highest BCUT2D eigenvalue weighted by atomic mass is 16.5. The van der Waals surface area contributed by atoms with Crippen LogP contribution < -0.4 is 10.1 Å². The molecule has 0 bridgehead atoms. The Balaban J connectivity index is 1.25. The van der Waals surface area contributed by atoms with Gasteiger partial charge in [-0.3, -0.25) is 4.79 Å². The molecule has 0 aliphatic rings. The number of ether oxygens (including phenoxy) is 2. The van der Waals surface area contributed by atoms with Crippen molar-refractivity contribution in [3.8, 4) is 5.75 Å². The van der Waals surface area contributed by atoms with Crippen molar-refractivity contribution in [3.05, 3.63) is 132 Å². The number of Topliss-reactive ketones (excluding diaryl/α,β-unsaturated/α-hetero) is 1. The number of aromatic nitrogens is 1. The van der Waals surface area contributed by atoms with Crippen molar-refractivity contribution in [1.82, 2.24) is 4.57 Å². The molecular formula is C38H38N2O4. The highest BCUT2D eigenvalue weighted by Crippen LogP contribution is 2.36. The molecule has 1 N–H and O–H groups in total. The number of fused-ring (bicyclic) bond motifs is 1. The van der Waals surface area contributed by atoms with Crippen LogP contribution in [0.1, 0.15) is 53.7 Å². The molecule has 0 saturated heterocycles. The summed E-state index contributed by atoms with van der Waals surface area (Å²) in [7, 11) is 1.71. The number of carbonyl (C=O) groups excluding carboxylic acids is 2. The molecule has 6 heteroatoms. The van der Waals surface area contributed by atoms with Crippen LogP contribution in [0.5, 0.6) is 5.75 Å². The summed E-state index contributed by atoms with van der Waals surface area (Å²) in [5.41, 5.74) is 8.07. The van der Waals surface area contributed by atoms with E-state index in [1.807, 2.05) is 48.5 Å². The Morgan fingerprint density at radius 3 is 2.20 bits per heavy atom. The van der Waals surface area contributed by atoms with Crippen LogP contribution in [0.4, 0.5) is 5.69 Å². The third-order valence-electron chi connectivity index (χ3n) is 7.77. The van der Waals surface area contributed by atoms with E-state index < -0.39 is 11.8 Å². The molecule has 1 heterocycles. The van der Waals surface area contributed by atoms with Crippen LogP contribution in [0.3, 0.4) is 0 Å². The normalized spacial score (nSPS) is 11.6. The van der Waals surface area contributed by atoms with Gasteiger partial charge < -0.3 is 19.4 Å². The van der Waals surface area contributed by atoms with Gasteiger partial charge in [0.25, 0.3) is 5.78 Å². The molecule has 0 fully saturated rings. The van der Waals surface area contributed by atoms with Gasteiger partial charge in [0, 0.05) is 41.4 Å². The number of esters is 1. The lowest BCUT2D eigenvalue weighted by Gasteiger charge is -2.17. The quantitative estimate of drug-likeness (QED) is 0.0494. The first kappa shape index (κ1) is 30.4. The van der Waals surface area contributed by atoms with Crippen LogP contribution in [0, 0.1) is 0 Å². The van der Waals surface area contributed by atoms with Crippen molar-refractivity contribution < 1.29 is 19.1 Å². The lowest BCUT2D eigenvalue weighted by molar-refractivity contribution is -0.137. The number of aryl methyl sites for hydroxylation is 1. The fraction of sp³-hybridized carbons (Fsp3) is 0.211. The van der Waals surface area contributed by atoms with Gasteiger partial charge in [0.05, 0.1) is 19.3 Å². The molecule has 0 unspecified atom stereocenters. The standard InChI is InChI=1S/C38H38N2O4/c1-4-44-38(42)37(41)33-26-40(34-18-10-8-17-32(33)34)25-13-12-24-39-30-22-20-29(21-23-30)36(28-14-6-5-7-15-28)27(2)31-16-9-11-19-35(31)43-3/h5-11,14-23,26,39H,4,12-13,24-25H2,1-3H3/b36-27-. The van der Waals surface area contributed by atoms with E-state index in [4.69, 9.17) is 9.47 Å². The van der Waals surface area contributed by atoms with Crippen molar-refractivity contribution in [3.63, 3.8) is 0 Å². The zero-order valence-electron chi connectivity index (χ0n) is 25.5. The van der Waals surface area contributed by atoms with Gasteiger partial charge in [0.2, 0.25) is 0 Å². The summed E-state index contributed by atoms with van der Waals surface area (Å²) in [5, 5.41) is 4.32. The second kappa shape index (κ2) is 14.4. The van der Waals surface area contributed by atoms with E-state index >= 15 is 0 Å². The monoisotopic (exact) mass is 586 g/mol. The SMILES string of the molecule is CCOC(=O)C(=O)c1cn(CCCCNc2ccc(/C(=C(/C)c3ccccc3OC)c3ccccc3)cc2)c2ccccc12. The van der Waals surface area contributed by atoms with Crippen molar-refractivity contribution in [2.75, 3.05) is 25.6 Å². The number of carbonyl (C=O) groups is 2. The molecule has 0 aliphatic carbocycles. The number of nitrogens with zero attached hydrogens (tertiary/aromatic N) is 1. The third-order valence-corrected chi connectivity index (χ3v) is 7.77. The third kappa shape index (κ3) is 6.76. The highest BCUT2D eigenvalue weighted by Gasteiger charge is 2.22. The molecule has 1 aromatic heterocycles. The number of anilines is 1. The van der Waals surface area contributed by atoms with Crippen LogP contribution in [-0.4, -0.2) is 36.6 Å². The lowest BCUT2D eigenvalue weighted by atomic mass is 9.90. The van der Waals surface area contributed by atoms with Crippen molar-refractivity contribution >= 4 is 39.5 Å². The van der Waals surface area contributed by atoms with Crippen molar-refractivity contribution in [2.24, 2.45) is 0 Å². The van der Waals surface area contributed by atoms with E-state index in [1.165, 1.54) is 5.57 Å². The number of nitrogens with one attached hydrogen (secondary N) is 1. The van der Waals surface area contributed by atoms with Crippen LogP contribution in [0.15, 0.2) is 109 Å².